The first-order valence-electron chi connectivity index (χ1n) is 6.25. The Morgan fingerprint density at radius 3 is 2.09 bits per heavy atom. The van der Waals surface area contributed by atoms with E-state index in [0.29, 0.717) is 5.56 Å². The van der Waals surface area contributed by atoms with Gasteiger partial charge in [0.2, 0.25) is 0 Å². The van der Waals surface area contributed by atoms with E-state index in [1.54, 1.807) is 0 Å². The maximum atomic E-state index is 13.9. The normalized spacial score (nSPS) is 13.0. The Balaban J connectivity index is 2.27. The largest absolute Gasteiger partial charge is 0.573 e. The van der Waals surface area contributed by atoms with Crippen LogP contribution in [0.2, 0.25) is 0 Å². The van der Waals surface area contributed by atoms with Gasteiger partial charge in [0.1, 0.15) is 5.75 Å². The monoisotopic (exact) mass is 317 g/mol. The Morgan fingerprint density at radius 1 is 0.955 bits per heavy atom. The Bertz CT molecular complexity index is 667. The Morgan fingerprint density at radius 2 is 1.55 bits per heavy atom. The van der Waals surface area contributed by atoms with Crippen molar-refractivity contribution in [1.29, 1.82) is 0 Å². The summed E-state index contributed by atoms with van der Waals surface area (Å²) < 4.78 is 67.3. The molecule has 0 aliphatic carbocycles. The predicted molar refractivity (Wildman–Crippen MR) is 70.3 cm³/mol. The number of ether oxygens (including phenoxy) is 1. The molecule has 118 valence electrons. The Labute approximate surface area is 123 Å². The van der Waals surface area contributed by atoms with Crippen LogP contribution in [0.1, 0.15) is 22.7 Å². The van der Waals surface area contributed by atoms with Gasteiger partial charge in [-0.15, -0.1) is 13.2 Å². The highest BCUT2D eigenvalue weighted by Gasteiger charge is 2.31. The Hall–Kier alpha value is -2.15. The van der Waals surface area contributed by atoms with Crippen LogP contribution in [0, 0.1) is 18.6 Å². The van der Waals surface area contributed by atoms with E-state index >= 15 is 0 Å². The number of alkyl halides is 3. The van der Waals surface area contributed by atoms with Gasteiger partial charge in [0, 0.05) is 5.56 Å². The molecule has 0 bridgehead atoms. The van der Waals surface area contributed by atoms with Gasteiger partial charge < -0.3 is 10.5 Å². The molecule has 0 aromatic heterocycles. The van der Waals surface area contributed by atoms with E-state index in [1.165, 1.54) is 31.2 Å². The van der Waals surface area contributed by atoms with E-state index in [9.17, 15) is 22.0 Å². The second kappa shape index (κ2) is 5.92. The first kappa shape index (κ1) is 16.2. The molecule has 0 saturated carbocycles. The summed E-state index contributed by atoms with van der Waals surface area (Å²) in [5.41, 5.74) is 6.24. The van der Waals surface area contributed by atoms with Gasteiger partial charge in [-0.3, -0.25) is 0 Å². The van der Waals surface area contributed by atoms with Crippen LogP contribution in [0.4, 0.5) is 22.0 Å². The molecule has 2 N–H and O–H groups in total. The third-order valence-electron chi connectivity index (χ3n) is 3.11. The topological polar surface area (TPSA) is 35.2 Å². The number of hydrogen-bond acceptors (Lipinski definition) is 2. The van der Waals surface area contributed by atoms with Crippen molar-refractivity contribution >= 4 is 0 Å². The number of halogens is 5. The van der Waals surface area contributed by atoms with Gasteiger partial charge in [-0.1, -0.05) is 24.3 Å². The molecular formula is C15H12F5NO. The molecule has 2 rings (SSSR count). The molecule has 0 aliphatic heterocycles. The van der Waals surface area contributed by atoms with Crippen molar-refractivity contribution < 1.29 is 26.7 Å². The smallest absolute Gasteiger partial charge is 0.406 e. The summed E-state index contributed by atoms with van der Waals surface area (Å²) in [6.07, 6.45) is -4.80. The standard InChI is InChI=1S/C15H12F5NO/c1-8-2-7-11(13(17)12(8)16)14(21)9-3-5-10(6-4-9)22-15(18,19)20/h2-7,14H,21H2,1H3/t14-/m1/s1. The minimum absolute atomic E-state index is 0.0763. The summed E-state index contributed by atoms with van der Waals surface area (Å²) in [5, 5.41) is 0. The molecule has 0 unspecified atom stereocenters. The van der Waals surface area contributed by atoms with Gasteiger partial charge in [0.25, 0.3) is 0 Å². The van der Waals surface area contributed by atoms with Gasteiger partial charge in [-0.25, -0.2) is 8.78 Å². The summed E-state index contributed by atoms with van der Waals surface area (Å²) in [5.74, 6) is -2.48. The summed E-state index contributed by atoms with van der Waals surface area (Å²) in [7, 11) is 0. The molecule has 0 amide bonds. The molecule has 0 saturated heterocycles. The molecule has 2 nitrogen and oxygen atoms in total. The van der Waals surface area contributed by atoms with Crippen molar-refractivity contribution in [2.24, 2.45) is 5.73 Å². The fraction of sp³-hybridized carbons (Fsp3) is 0.200. The first-order valence-corrected chi connectivity index (χ1v) is 6.25. The van der Waals surface area contributed by atoms with Crippen molar-refractivity contribution in [3.63, 3.8) is 0 Å². The highest BCUT2D eigenvalue weighted by Crippen LogP contribution is 2.28. The predicted octanol–water partition coefficient (Wildman–Crippen LogP) is 4.22. The minimum atomic E-state index is -4.80. The van der Waals surface area contributed by atoms with Gasteiger partial charge in [0.05, 0.1) is 6.04 Å². The molecule has 0 heterocycles. The zero-order valence-electron chi connectivity index (χ0n) is 11.4. The van der Waals surface area contributed by atoms with Gasteiger partial charge >= 0.3 is 6.36 Å². The SMILES string of the molecule is Cc1ccc([C@H](N)c2ccc(OC(F)(F)F)cc2)c(F)c1F. The van der Waals surface area contributed by atoms with Crippen LogP contribution in [-0.2, 0) is 0 Å². The maximum Gasteiger partial charge on any atom is 0.573 e. The van der Waals surface area contributed by atoms with Crippen LogP contribution in [0.5, 0.6) is 5.75 Å². The number of benzene rings is 2. The van der Waals surface area contributed by atoms with E-state index in [2.05, 4.69) is 4.74 Å². The van der Waals surface area contributed by atoms with Crippen LogP contribution < -0.4 is 10.5 Å². The summed E-state index contributed by atoms with van der Waals surface area (Å²) in [4.78, 5) is 0. The Kier molecular flexibility index (Phi) is 4.37. The van der Waals surface area contributed by atoms with Gasteiger partial charge in [-0.05, 0) is 30.2 Å². The average Bonchev–Trinajstić information content (AvgIpc) is 2.43. The quantitative estimate of drug-likeness (QED) is 0.860. The summed E-state index contributed by atoms with van der Waals surface area (Å²) >= 11 is 0. The van der Waals surface area contributed by atoms with Crippen LogP contribution in [-0.4, -0.2) is 6.36 Å². The van der Waals surface area contributed by atoms with Crippen molar-refractivity contribution in [2.75, 3.05) is 0 Å². The lowest BCUT2D eigenvalue weighted by atomic mass is 9.98. The first-order chi connectivity index (χ1) is 10.2. The lowest BCUT2D eigenvalue weighted by Gasteiger charge is -2.15. The molecule has 1 atom stereocenters. The number of hydrogen-bond donors (Lipinski definition) is 1. The molecule has 0 fully saturated rings. The molecule has 2 aromatic rings. The van der Waals surface area contributed by atoms with Crippen molar-refractivity contribution in [1.82, 2.24) is 0 Å². The van der Waals surface area contributed by atoms with E-state index in [1.807, 2.05) is 0 Å². The molecule has 0 radical (unpaired) electrons. The molecule has 7 heteroatoms. The van der Waals surface area contributed by atoms with Crippen LogP contribution in [0.25, 0.3) is 0 Å². The highest BCUT2D eigenvalue weighted by molar-refractivity contribution is 5.37. The molecule has 2 aromatic carbocycles. The summed E-state index contributed by atoms with van der Waals surface area (Å²) in [6, 6.07) is 6.38. The fourth-order valence-corrected chi connectivity index (χ4v) is 1.96. The van der Waals surface area contributed by atoms with E-state index < -0.39 is 29.8 Å². The lowest BCUT2D eigenvalue weighted by Crippen LogP contribution is -2.17. The van der Waals surface area contributed by atoms with Gasteiger partial charge in [-0.2, -0.15) is 0 Å². The zero-order valence-corrected chi connectivity index (χ0v) is 11.4. The van der Waals surface area contributed by atoms with E-state index in [4.69, 9.17) is 5.73 Å². The lowest BCUT2D eigenvalue weighted by molar-refractivity contribution is -0.274. The van der Waals surface area contributed by atoms with E-state index in [-0.39, 0.29) is 11.1 Å². The third-order valence-corrected chi connectivity index (χ3v) is 3.11. The molecule has 22 heavy (non-hydrogen) atoms. The summed E-state index contributed by atoms with van der Waals surface area (Å²) in [6.45, 7) is 1.41. The number of rotatable bonds is 3. The van der Waals surface area contributed by atoms with Crippen LogP contribution in [0.3, 0.4) is 0 Å². The average molecular weight is 317 g/mol. The van der Waals surface area contributed by atoms with Crippen molar-refractivity contribution in [3.8, 4) is 5.75 Å². The molecule has 0 spiro atoms. The van der Waals surface area contributed by atoms with Gasteiger partial charge in [0.15, 0.2) is 11.6 Å². The van der Waals surface area contributed by atoms with E-state index in [0.717, 1.165) is 12.1 Å². The fourth-order valence-electron chi connectivity index (χ4n) is 1.96. The number of nitrogens with two attached hydrogens (primary N) is 1. The zero-order chi connectivity index (χ0) is 16.5. The maximum absolute atomic E-state index is 13.9. The van der Waals surface area contributed by atoms with Crippen LogP contribution in [0.15, 0.2) is 36.4 Å². The second-order valence-electron chi connectivity index (χ2n) is 4.69. The third kappa shape index (κ3) is 3.54. The van der Waals surface area contributed by atoms with Crippen LogP contribution >= 0.6 is 0 Å². The minimum Gasteiger partial charge on any atom is -0.406 e. The van der Waals surface area contributed by atoms with Crippen molar-refractivity contribution in [2.45, 2.75) is 19.3 Å². The second-order valence-corrected chi connectivity index (χ2v) is 4.69. The number of aryl methyl sites for hydroxylation is 1. The molecular weight excluding hydrogens is 305 g/mol. The molecule has 0 aliphatic rings. The van der Waals surface area contributed by atoms with Crippen molar-refractivity contribution in [3.05, 3.63) is 64.7 Å². The highest BCUT2D eigenvalue weighted by atomic mass is 19.4.